The first kappa shape index (κ1) is 16.7. The third kappa shape index (κ3) is 3.41. The minimum atomic E-state index is -0.504. The van der Waals surface area contributed by atoms with Gasteiger partial charge >= 0.3 is 5.63 Å². The summed E-state index contributed by atoms with van der Waals surface area (Å²) in [5, 5.41) is 0.785. The van der Waals surface area contributed by atoms with Gasteiger partial charge in [-0.15, -0.1) is 0 Å². The Morgan fingerprint density at radius 1 is 1.30 bits per heavy atom. The molecule has 0 unspecified atom stereocenters. The first-order chi connectivity index (χ1) is 11.0. The van der Waals surface area contributed by atoms with Crippen LogP contribution in [0.2, 0.25) is 5.02 Å². The normalized spacial score (nSPS) is 12.3. The molecule has 23 heavy (non-hydrogen) atoms. The maximum absolute atomic E-state index is 12.2. The zero-order valence-electron chi connectivity index (χ0n) is 12.8. The van der Waals surface area contributed by atoms with Gasteiger partial charge in [-0.05, 0) is 36.3 Å². The van der Waals surface area contributed by atoms with E-state index in [-0.39, 0.29) is 5.89 Å². The van der Waals surface area contributed by atoms with Crippen molar-refractivity contribution in [3.8, 4) is 0 Å². The molecule has 0 saturated carbocycles. The summed E-state index contributed by atoms with van der Waals surface area (Å²) in [6, 6.07) is 4.88. The molecule has 0 aliphatic carbocycles. The first-order valence-corrected chi connectivity index (χ1v) is 7.31. The Bertz CT molecular complexity index is 917. The fourth-order valence-electron chi connectivity index (χ4n) is 2.12. The second kappa shape index (κ2) is 7.07. The van der Waals surface area contributed by atoms with Crippen LogP contribution in [0.3, 0.4) is 0 Å². The zero-order valence-corrected chi connectivity index (χ0v) is 13.6. The van der Waals surface area contributed by atoms with Crippen LogP contribution in [0.4, 0.5) is 0 Å². The number of allylic oxidation sites excluding steroid dienone is 7. The lowest BCUT2D eigenvalue weighted by Crippen LogP contribution is -2.05. The molecule has 0 saturated heterocycles. The van der Waals surface area contributed by atoms with Gasteiger partial charge in [-0.25, -0.2) is 9.78 Å². The highest BCUT2D eigenvalue weighted by molar-refractivity contribution is 6.31. The van der Waals surface area contributed by atoms with Crippen LogP contribution in [0.1, 0.15) is 12.8 Å². The molecule has 0 bridgehead atoms. The van der Waals surface area contributed by atoms with Gasteiger partial charge in [-0.1, -0.05) is 55.6 Å². The predicted molar refractivity (Wildman–Crippen MR) is 96.6 cm³/mol. The van der Waals surface area contributed by atoms with E-state index in [9.17, 15) is 4.79 Å². The molecule has 0 amide bonds. The van der Waals surface area contributed by atoms with Crippen LogP contribution in [-0.2, 0) is 0 Å². The highest BCUT2D eigenvalue weighted by atomic mass is 35.5. The molecule has 1 aromatic carbocycles. The first-order valence-electron chi connectivity index (χ1n) is 6.93. The van der Waals surface area contributed by atoms with Gasteiger partial charge in [0, 0.05) is 10.6 Å². The van der Waals surface area contributed by atoms with Crippen LogP contribution in [0.15, 0.2) is 82.6 Å². The van der Waals surface area contributed by atoms with Crippen molar-refractivity contribution in [2.75, 3.05) is 0 Å². The van der Waals surface area contributed by atoms with Crippen molar-refractivity contribution in [1.82, 2.24) is 4.98 Å². The average molecular weight is 326 g/mol. The molecular weight excluding hydrogens is 310 g/mol. The van der Waals surface area contributed by atoms with Crippen molar-refractivity contribution >= 4 is 28.1 Å². The number of hydrogen-bond acceptors (Lipinski definition) is 3. The lowest BCUT2D eigenvalue weighted by Gasteiger charge is -2.09. The Kier molecular flexibility index (Phi) is 5.14. The van der Waals surface area contributed by atoms with E-state index >= 15 is 0 Å². The maximum atomic E-state index is 12.2. The quantitative estimate of drug-likeness (QED) is 0.718. The van der Waals surface area contributed by atoms with E-state index in [0.29, 0.717) is 27.1 Å². The number of benzene rings is 1. The molecule has 3 nitrogen and oxygen atoms in total. The highest BCUT2D eigenvalue weighted by Gasteiger charge is 2.13. The molecule has 0 spiro atoms. The molecule has 0 fully saturated rings. The number of fused-ring (bicyclic) bond motifs is 1. The largest absolute Gasteiger partial charge is 0.403 e. The number of nitrogens with zero attached hydrogens (tertiary/aromatic N) is 1. The lowest BCUT2D eigenvalue weighted by molar-refractivity contribution is 0.487. The summed E-state index contributed by atoms with van der Waals surface area (Å²) >= 11 is 5.91. The standard InChI is InChI=1S/C19H16ClNO2/c1-5-8-15(12(4)6-2)14(7-3)18-21-17-10-9-13(20)11-16(17)19(22)23-18/h5-11H,2-4H2,1H3/b8-5-,15-14+. The monoisotopic (exact) mass is 325 g/mol. The molecule has 4 heteroatoms. The van der Waals surface area contributed by atoms with Gasteiger partial charge in [-0.3, -0.25) is 0 Å². The Balaban J connectivity index is 2.80. The third-order valence-electron chi connectivity index (χ3n) is 3.24. The predicted octanol–water partition coefficient (Wildman–Crippen LogP) is 5.10. The molecule has 1 aromatic heterocycles. The molecule has 2 aromatic rings. The summed E-state index contributed by atoms with van der Waals surface area (Å²) in [6.07, 6.45) is 6.90. The Hall–Kier alpha value is -2.65. The van der Waals surface area contributed by atoms with Gasteiger partial charge in [-0.2, -0.15) is 0 Å². The van der Waals surface area contributed by atoms with Crippen molar-refractivity contribution in [2.24, 2.45) is 0 Å². The Morgan fingerprint density at radius 2 is 2.04 bits per heavy atom. The number of hydrogen-bond donors (Lipinski definition) is 0. The number of rotatable bonds is 5. The second-order valence-corrected chi connectivity index (χ2v) is 5.17. The van der Waals surface area contributed by atoms with Crippen molar-refractivity contribution in [1.29, 1.82) is 0 Å². The molecule has 2 rings (SSSR count). The van der Waals surface area contributed by atoms with Crippen LogP contribution in [-0.4, -0.2) is 4.98 Å². The maximum Gasteiger partial charge on any atom is 0.347 e. The van der Waals surface area contributed by atoms with Crippen molar-refractivity contribution in [2.45, 2.75) is 6.92 Å². The van der Waals surface area contributed by atoms with Crippen LogP contribution in [0.25, 0.3) is 16.5 Å². The van der Waals surface area contributed by atoms with Crippen LogP contribution < -0.4 is 5.63 Å². The SMILES string of the molecule is C=CC(=C)C(/C=C\C)=C(\C=C)c1nc2ccc(Cl)cc2c(=O)o1. The summed E-state index contributed by atoms with van der Waals surface area (Å²) in [5.74, 6) is 0.177. The Labute approximate surface area is 139 Å². The summed E-state index contributed by atoms with van der Waals surface area (Å²) in [4.78, 5) is 16.6. The summed E-state index contributed by atoms with van der Waals surface area (Å²) in [6.45, 7) is 13.3. The lowest BCUT2D eigenvalue weighted by atomic mass is 10.00. The fraction of sp³-hybridized carbons (Fsp3) is 0.0526. The molecular formula is C19H16ClNO2. The molecule has 116 valence electrons. The van der Waals surface area contributed by atoms with Crippen molar-refractivity contribution < 1.29 is 4.42 Å². The van der Waals surface area contributed by atoms with E-state index in [2.05, 4.69) is 24.7 Å². The van der Waals surface area contributed by atoms with E-state index in [1.165, 1.54) is 6.07 Å². The van der Waals surface area contributed by atoms with E-state index < -0.39 is 5.63 Å². The Morgan fingerprint density at radius 3 is 2.65 bits per heavy atom. The topological polar surface area (TPSA) is 43.1 Å². The van der Waals surface area contributed by atoms with E-state index in [4.69, 9.17) is 16.0 Å². The van der Waals surface area contributed by atoms with Gasteiger partial charge in [0.15, 0.2) is 0 Å². The highest BCUT2D eigenvalue weighted by Crippen LogP contribution is 2.25. The summed E-state index contributed by atoms with van der Waals surface area (Å²) < 4.78 is 5.36. The van der Waals surface area contributed by atoms with Crippen LogP contribution in [0, 0.1) is 0 Å². The fourth-order valence-corrected chi connectivity index (χ4v) is 2.29. The minimum absolute atomic E-state index is 0.177. The zero-order chi connectivity index (χ0) is 17.0. The summed E-state index contributed by atoms with van der Waals surface area (Å²) in [5.41, 5.74) is 1.99. The van der Waals surface area contributed by atoms with Crippen LogP contribution in [0.5, 0.6) is 0 Å². The molecule has 0 N–H and O–H groups in total. The van der Waals surface area contributed by atoms with E-state index in [1.807, 2.05) is 19.1 Å². The van der Waals surface area contributed by atoms with Gasteiger partial charge < -0.3 is 4.42 Å². The third-order valence-corrected chi connectivity index (χ3v) is 3.48. The van der Waals surface area contributed by atoms with Gasteiger partial charge in [0.25, 0.3) is 0 Å². The molecule has 0 aliphatic heterocycles. The van der Waals surface area contributed by atoms with E-state index in [1.54, 1.807) is 24.3 Å². The number of aromatic nitrogens is 1. The molecule has 1 heterocycles. The van der Waals surface area contributed by atoms with E-state index in [0.717, 1.165) is 5.57 Å². The minimum Gasteiger partial charge on any atom is -0.403 e. The van der Waals surface area contributed by atoms with Gasteiger partial charge in [0.1, 0.15) is 0 Å². The van der Waals surface area contributed by atoms with Crippen molar-refractivity contribution in [3.05, 3.63) is 94.7 Å². The molecule has 0 atom stereocenters. The van der Waals surface area contributed by atoms with Crippen LogP contribution >= 0.6 is 11.6 Å². The molecule has 0 aliphatic rings. The number of halogens is 1. The smallest absolute Gasteiger partial charge is 0.347 e. The average Bonchev–Trinajstić information content (AvgIpc) is 2.54. The summed E-state index contributed by atoms with van der Waals surface area (Å²) in [7, 11) is 0. The molecule has 0 radical (unpaired) electrons. The second-order valence-electron chi connectivity index (χ2n) is 4.73. The van der Waals surface area contributed by atoms with Gasteiger partial charge in [0.05, 0.1) is 10.9 Å². The van der Waals surface area contributed by atoms with Crippen molar-refractivity contribution in [3.63, 3.8) is 0 Å². The van der Waals surface area contributed by atoms with Gasteiger partial charge in [0.2, 0.25) is 5.89 Å².